The van der Waals surface area contributed by atoms with Gasteiger partial charge in [0.1, 0.15) is 5.75 Å². The smallest absolute Gasteiger partial charge is 0.270 e. The number of allylic oxidation sites excluding steroid dienone is 6. The number of carbonyl (C=O) groups is 2. The topological polar surface area (TPSA) is 99.7 Å². The standard InChI is InChI=1S/C103H96Cl4N4O3S4/c1-9-14-19-24-25-30-51-114-95-90-92-101(98-80(55-72(116-98)53-78-89(86(61-109)111-8)74-57-82(105)84(107)59-76(74)94(78)113)103(92,69-47-39-65(40-48-69)33-28-22-17-12-4)70-49-41-66(42-50-70)34-29-23-18-13-5)117-96(90)62(6)87-91-100(118-99(87)95)97-79(54-71(115-97)52-77-88(85(60-108)110-7)73-56-81(104)83(106)58-75(73)93(77)112)102(91,67-43-35-63(36-44-67)31-26-20-15-10-2)68-45-37-64(38-46-68)32-27-21-16-11-3/h35-50,52-59H,9-34,51H2,1-6H3/b77-52-,78-53-,88-85-,89-86+. The molecule has 0 atom stereocenters. The predicted molar refractivity (Wildman–Crippen MR) is 498 cm³/mol. The molecule has 0 aliphatic heterocycles. The summed E-state index contributed by atoms with van der Waals surface area (Å²) in [7, 11) is 0. The Labute approximate surface area is 732 Å². The van der Waals surface area contributed by atoms with Crippen LogP contribution in [0.4, 0.5) is 0 Å². The molecule has 4 heterocycles. The third-order valence-corrected chi connectivity index (χ3v) is 31.1. The summed E-state index contributed by atoms with van der Waals surface area (Å²) in [5.74, 6) is 0.192. The summed E-state index contributed by atoms with van der Waals surface area (Å²) in [4.78, 5) is 43.8. The number of ketones is 2. The number of ether oxygens (including phenoxy) is 1. The number of rotatable bonds is 34. The Bertz CT molecular complexity index is 5770. The number of hydrogen-bond acceptors (Lipinski definition) is 9. The monoisotopic (exact) mass is 1700 g/mol. The second-order valence-electron chi connectivity index (χ2n) is 32.2. The third kappa shape index (κ3) is 15.4. The number of benzene rings is 7. The van der Waals surface area contributed by atoms with Crippen molar-refractivity contribution in [3.8, 4) is 37.4 Å². The number of nitrogens with zero attached hydrogens (tertiary/aromatic N) is 4. The Morgan fingerprint density at radius 2 is 0.737 bits per heavy atom. The number of unbranched alkanes of at least 4 members (excludes halogenated alkanes) is 17. The number of thiophene rings is 4. The van der Waals surface area contributed by atoms with Crippen molar-refractivity contribution in [3.05, 3.63) is 303 Å². The van der Waals surface area contributed by atoms with E-state index in [1.165, 1.54) is 59.9 Å². The maximum atomic E-state index is 15.2. The highest BCUT2D eigenvalue weighted by Gasteiger charge is 2.54. The molecular formula is C103H96Cl4N4O3S4. The minimum atomic E-state index is -0.976. The highest BCUT2D eigenvalue weighted by molar-refractivity contribution is 7.29. The van der Waals surface area contributed by atoms with E-state index in [4.69, 9.17) is 64.3 Å². The van der Waals surface area contributed by atoms with Crippen molar-refractivity contribution in [1.82, 2.24) is 0 Å². The minimum Gasteiger partial charge on any atom is -0.491 e. The first-order valence-electron chi connectivity index (χ1n) is 42.5. The van der Waals surface area contributed by atoms with E-state index in [2.05, 4.69) is 173 Å². The number of fused-ring (bicyclic) bond motifs is 12. The number of halogens is 4. The van der Waals surface area contributed by atoms with E-state index in [1.807, 2.05) is 23.5 Å². The van der Waals surface area contributed by atoms with Crippen LogP contribution in [0.3, 0.4) is 0 Å². The lowest BCUT2D eigenvalue weighted by molar-refractivity contribution is 0.103. The maximum Gasteiger partial charge on any atom is 0.270 e. The average Bonchev–Trinajstić information content (AvgIpc) is 1.49. The predicted octanol–water partition coefficient (Wildman–Crippen LogP) is 32.0. The van der Waals surface area contributed by atoms with Crippen LogP contribution in [0.15, 0.2) is 156 Å². The van der Waals surface area contributed by atoms with E-state index >= 15 is 9.59 Å². The van der Waals surface area contributed by atoms with Gasteiger partial charge in [0.2, 0.25) is 0 Å². The van der Waals surface area contributed by atoms with Gasteiger partial charge in [0.15, 0.2) is 11.6 Å². The summed E-state index contributed by atoms with van der Waals surface area (Å²) in [6, 6.07) is 53.0. The normalized spacial score (nSPS) is 15.5. The molecule has 4 aliphatic carbocycles. The van der Waals surface area contributed by atoms with Crippen LogP contribution in [0.5, 0.6) is 5.75 Å². The van der Waals surface area contributed by atoms with Gasteiger partial charge in [-0.2, -0.15) is 0 Å². The molecule has 0 bridgehead atoms. The summed E-state index contributed by atoms with van der Waals surface area (Å²) in [6.07, 6.45) is 32.5. The van der Waals surface area contributed by atoms with Crippen LogP contribution in [0, 0.1) is 42.7 Å². The Morgan fingerprint density at radius 3 is 1.08 bits per heavy atom. The average molecular weight is 1710 g/mol. The first-order chi connectivity index (χ1) is 57.6. The molecule has 598 valence electrons. The number of carbonyl (C=O) groups excluding carboxylic acids is 2. The fraction of sp³-hybridized carbons (Fsp3) is 0.340. The SMILES string of the molecule is [C-]#[N+]/C(C#N)=C1\C(=C\c2cc3c(s2)-c2sc4c(OCCCCCCCC)c5c6c(sc5c(C)c4c2C3(c2ccc(CCCCCC)cc2)c2ccc(CCCCCC)cc2)-c2sc(/C=C3\C(=O)c4cc(Cl)c(Cl)cc4\C3=C(\C#N)[N+]#[C-])cc2C6(c2ccc(CCCCCC)cc2)c2ccc(CCCCCC)cc2)C(=O)c2cc(Cl)c(Cl)cc21. The molecule has 118 heavy (non-hydrogen) atoms. The number of hydrogen-bond donors (Lipinski definition) is 0. The van der Waals surface area contributed by atoms with Gasteiger partial charge in [-0.25, -0.2) is 20.2 Å². The van der Waals surface area contributed by atoms with Crippen LogP contribution in [0.2, 0.25) is 20.1 Å². The van der Waals surface area contributed by atoms with Crippen molar-refractivity contribution >= 4 is 147 Å². The number of nitriles is 2. The van der Waals surface area contributed by atoms with Gasteiger partial charge in [-0.1, -0.05) is 287 Å². The first-order valence-corrected chi connectivity index (χ1v) is 47.3. The molecule has 4 aromatic heterocycles. The van der Waals surface area contributed by atoms with Crippen molar-refractivity contribution in [1.29, 1.82) is 10.5 Å². The zero-order valence-electron chi connectivity index (χ0n) is 68.1. The molecule has 0 saturated carbocycles. The lowest BCUT2D eigenvalue weighted by Crippen LogP contribution is -2.29. The Hall–Kier alpha value is -8.92. The largest absolute Gasteiger partial charge is 0.491 e. The van der Waals surface area contributed by atoms with Crippen LogP contribution in [-0.4, -0.2) is 18.2 Å². The van der Waals surface area contributed by atoms with E-state index in [0.29, 0.717) is 28.9 Å². The summed E-state index contributed by atoms with van der Waals surface area (Å²) in [5.41, 5.74) is 15.3. The molecule has 7 aromatic carbocycles. The Balaban J connectivity index is 1.05. The fourth-order valence-corrected chi connectivity index (χ4v) is 24.8. The second kappa shape index (κ2) is 37.0. The molecule has 0 N–H and O–H groups in total. The van der Waals surface area contributed by atoms with E-state index < -0.39 is 10.8 Å². The molecule has 0 radical (unpaired) electrons. The molecule has 4 aliphatic rings. The van der Waals surface area contributed by atoms with Gasteiger partial charge in [-0.3, -0.25) is 9.59 Å². The molecule has 7 nitrogen and oxygen atoms in total. The molecule has 15 rings (SSSR count). The quantitative estimate of drug-likeness (QED) is 0.0173. The van der Waals surface area contributed by atoms with Gasteiger partial charge in [-0.05, 0) is 191 Å². The third-order valence-electron chi connectivity index (χ3n) is 24.7. The Morgan fingerprint density at radius 1 is 0.415 bits per heavy atom. The molecule has 0 amide bonds. The molecule has 0 unspecified atom stereocenters. The second-order valence-corrected chi connectivity index (χ2v) is 38.0. The van der Waals surface area contributed by atoms with Crippen molar-refractivity contribution in [2.45, 2.75) is 219 Å². The van der Waals surface area contributed by atoms with Gasteiger partial charge in [0.25, 0.3) is 11.4 Å². The highest BCUT2D eigenvalue weighted by atomic mass is 35.5. The highest BCUT2D eigenvalue weighted by Crippen LogP contribution is 2.70. The number of aryl methyl sites for hydroxylation is 5. The molecule has 0 fully saturated rings. The molecule has 0 spiro atoms. The van der Waals surface area contributed by atoms with Crippen LogP contribution in [0.1, 0.15) is 290 Å². The zero-order valence-corrected chi connectivity index (χ0v) is 74.4. The van der Waals surface area contributed by atoms with Gasteiger partial charge in [0.05, 0.1) is 87.0 Å². The van der Waals surface area contributed by atoms with Crippen LogP contribution >= 0.6 is 91.8 Å². The lowest BCUT2D eigenvalue weighted by Gasteiger charge is -2.34. The van der Waals surface area contributed by atoms with Crippen LogP contribution in [0.25, 0.3) is 72.7 Å². The minimum absolute atomic E-state index is 0.202. The Kier molecular flexibility index (Phi) is 26.4. The zero-order chi connectivity index (χ0) is 82.5. The summed E-state index contributed by atoms with van der Waals surface area (Å²) in [6.45, 7) is 30.8. The van der Waals surface area contributed by atoms with E-state index in [1.54, 1.807) is 58.3 Å². The fourth-order valence-electron chi connectivity index (χ4n) is 18.7. The van der Waals surface area contributed by atoms with E-state index in [-0.39, 0.29) is 65.3 Å². The summed E-state index contributed by atoms with van der Waals surface area (Å²) < 4.78 is 10.1. The van der Waals surface area contributed by atoms with Gasteiger partial charge < -0.3 is 4.74 Å². The molecule has 15 heteroatoms. The lowest BCUT2D eigenvalue weighted by atomic mass is 9.66. The van der Waals surface area contributed by atoms with Gasteiger partial charge in [-0.15, -0.1) is 45.3 Å². The molecule has 11 aromatic rings. The summed E-state index contributed by atoms with van der Waals surface area (Å²) in [5, 5.41) is 24.5. The van der Waals surface area contributed by atoms with E-state index in [9.17, 15) is 10.5 Å². The van der Waals surface area contributed by atoms with Crippen LogP contribution in [-0.2, 0) is 36.5 Å². The van der Waals surface area contributed by atoms with Crippen molar-refractivity contribution < 1.29 is 14.3 Å². The number of Topliss-reactive ketones (excluding diaryl/α,β-unsaturated/α-hetero) is 2. The maximum absolute atomic E-state index is 15.2. The summed E-state index contributed by atoms with van der Waals surface area (Å²) >= 11 is 33.8. The van der Waals surface area contributed by atoms with Gasteiger partial charge >= 0.3 is 0 Å². The van der Waals surface area contributed by atoms with Gasteiger partial charge in [0, 0.05) is 64.2 Å². The van der Waals surface area contributed by atoms with Crippen LogP contribution < -0.4 is 4.74 Å². The van der Waals surface area contributed by atoms with E-state index in [0.717, 1.165) is 235 Å². The molecular weight excluding hydrogens is 1610 g/mol. The first kappa shape index (κ1) is 84.1. The molecule has 0 saturated heterocycles. The van der Waals surface area contributed by atoms with Crippen molar-refractivity contribution in [2.24, 2.45) is 0 Å². The van der Waals surface area contributed by atoms with Crippen molar-refractivity contribution in [3.63, 3.8) is 0 Å². The van der Waals surface area contributed by atoms with Crippen molar-refractivity contribution in [2.75, 3.05) is 6.61 Å².